The van der Waals surface area contributed by atoms with Crippen LogP contribution in [0.3, 0.4) is 0 Å². The van der Waals surface area contributed by atoms with Crippen LogP contribution in [0.25, 0.3) is 10.2 Å². The number of fused-ring (bicyclic) bond motifs is 1. The Balaban J connectivity index is 1.29. The third-order valence-electron chi connectivity index (χ3n) is 5.10. The summed E-state index contributed by atoms with van der Waals surface area (Å²) in [6.07, 6.45) is -0.0731. The number of carbonyl (C=O) groups excluding carboxylic acids is 2. The van der Waals surface area contributed by atoms with Crippen LogP contribution in [0.15, 0.2) is 42.5 Å². The Morgan fingerprint density at radius 3 is 2.36 bits per heavy atom. The van der Waals surface area contributed by atoms with E-state index in [0.29, 0.717) is 42.6 Å². The lowest BCUT2D eigenvalue weighted by molar-refractivity contribution is -0.132. The summed E-state index contributed by atoms with van der Waals surface area (Å²) in [5.74, 6) is 0.301. The molecule has 1 fully saturated rings. The van der Waals surface area contributed by atoms with Gasteiger partial charge in [-0.05, 0) is 56.7 Å². The third-order valence-corrected chi connectivity index (χ3v) is 5.99. The minimum Gasteiger partial charge on any atom is -0.444 e. The second kappa shape index (κ2) is 9.35. The molecular weight excluding hydrogens is 445 g/mol. The molecule has 2 heterocycles. The third kappa shape index (κ3) is 5.98. The van der Waals surface area contributed by atoms with E-state index < -0.39 is 5.60 Å². The Kier molecular flexibility index (Phi) is 6.51. The van der Waals surface area contributed by atoms with Crippen LogP contribution < -0.4 is 4.74 Å². The van der Waals surface area contributed by atoms with Crippen molar-refractivity contribution < 1.29 is 23.5 Å². The van der Waals surface area contributed by atoms with Crippen LogP contribution in [-0.2, 0) is 16.0 Å². The number of hydrogen-bond acceptors (Lipinski definition) is 6. The molecule has 2 amide bonds. The number of hydrogen-bond donors (Lipinski definition) is 0. The number of aromatic nitrogens is 1. The smallest absolute Gasteiger partial charge is 0.410 e. The van der Waals surface area contributed by atoms with Crippen LogP contribution >= 0.6 is 11.3 Å². The highest BCUT2D eigenvalue weighted by molar-refractivity contribution is 7.20. The number of piperazine rings is 1. The quantitative estimate of drug-likeness (QED) is 0.544. The molecule has 0 radical (unpaired) electrons. The number of thiazole rings is 1. The van der Waals surface area contributed by atoms with Crippen LogP contribution in [0.2, 0.25) is 0 Å². The van der Waals surface area contributed by atoms with E-state index in [9.17, 15) is 14.0 Å². The lowest BCUT2D eigenvalue weighted by atomic mass is 10.1. The van der Waals surface area contributed by atoms with Gasteiger partial charge in [-0.15, -0.1) is 0 Å². The van der Waals surface area contributed by atoms with Crippen LogP contribution in [0.4, 0.5) is 9.18 Å². The van der Waals surface area contributed by atoms with Gasteiger partial charge in [-0.2, -0.15) is 0 Å². The van der Waals surface area contributed by atoms with Gasteiger partial charge in [0.05, 0.1) is 16.6 Å². The molecule has 4 rings (SSSR count). The number of amides is 2. The van der Waals surface area contributed by atoms with E-state index in [0.717, 1.165) is 10.3 Å². The van der Waals surface area contributed by atoms with Gasteiger partial charge in [0, 0.05) is 26.2 Å². The first-order chi connectivity index (χ1) is 15.7. The molecule has 9 heteroatoms. The van der Waals surface area contributed by atoms with Gasteiger partial charge in [0.25, 0.3) is 5.19 Å². The zero-order valence-electron chi connectivity index (χ0n) is 18.8. The molecule has 0 spiro atoms. The summed E-state index contributed by atoms with van der Waals surface area (Å²) < 4.78 is 25.3. The fourth-order valence-corrected chi connectivity index (χ4v) is 4.31. The van der Waals surface area contributed by atoms with E-state index in [1.54, 1.807) is 28.0 Å². The first-order valence-electron chi connectivity index (χ1n) is 10.7. The number of nitrogens with zero attached hydrogens (tertiary/aromatic N) is 3. The van der Waals surface area contributed by atoms with Crippen molar-refractivity contribution in [2.45, 2.75) is 32.8 Å². The van der Waals surface area contributed by atoms with E-state index in [1.807, 2.05) is 32.9 Å². The van der Waals surface area contributed by atoms with Crippen molar-refractivity contribution >= 4 is 33.6 Å². The average molecular weight is 472 g/mol. The summed E-state index contributed by atoms with van der Waals surface area (Å²) in [4.78, 5) is 32.6. The molecule has 0 N–H and O–H groups in total. The molecule has 2 aromatic carbocycles. The maximum atomic E-state index is 13.4. The molecule has 1 aliphatic heterocycles. The minimum atomic E-state index is -0.537. The van der Waals surface area contributed by atoms with Crippen LogP contribution in [0.1, 0.15) is 26.3 Å². The molecule has 1 aliphatic rings. The van der Waals surface area contributed by atoms with Crippen molar-refractivity contribution in [1.82, 2.24) is 14.8 Å². The van der Waals surface area contributed by atoms with Gasteiger partial charge in [-0.25, -0.2) is 14.2 Å². The monoisotopic (exact) mass is 471 g/mol. The molecule has 33 heavy (non-hydrogen) atoms. The topological polar surface area (TPSA) is 72.0 Å². The largest absolute Gasteiger partial charge is 0.444 e. The molecule has 0 atom stereocenters. The minimum absolute atomic E-state index is 0.0145. The van der Waals surface area contributed by atoms with Crippen molar-refractivity contribution in [3.63, 3.8) is 0 Å². The normalized spacial score (nSPS) is 14.4. The predicted octanol–water partition coefficient (Wildman–Crippen LogP) is 4.85. The summed E-state index contributed by atoms with van der Waals surface area (Å²) >= 11 is 1.27. The van der Waals surface area contributed by atoms with Gasteiger partial charge < -0.3 is 19.3 Å². The summed E-state index contributed by atoms with van der Waals surface area (Å²) in [5.41, 5.74) is 1.02. The fraction of sp³-hybridized carbons (Fsp3) is 0.375. The van der Waals surface area contributed by atoms with Crippen molar-refractivity contribution in [2.75, 3.05) is 26.2 Å². The predicted molar refractivity (Wildman–Crippen MR) is 124 cm³/mol. The molecule has 1 aromatic heterocycles. The Bertz CT molecular complexity index is 1150. The van der Waals surface area contributed by atoms with Gasteiger partial charge >= 0.3 is 6.09 Å². The van der Waals surface area contributed by atoms with E-state index in [2.05, 4.69) is 4.98 Å². The molecule has 0 unspecified atom stereocenters. The van der Waals surface area contributed by atoms with Gasteiger partial charge in [0.15, 0.2) is 0 Å². The number of benzene rings is 2. The summed E-state index contributed by atoms with van der Waals surface area (Å²) in [6.45, 7) is 7.39. The first kappa shape index (κ1) is 23.0. The second-order valence-corrected chi connectivity index (χ2v) is 9.86. The SMILES string of the molecule is CC(C)(C)OC(=O)N1CCN(C(=O)Cc2ccc(Oc3nc4ccc(F)cc4s3)cc2)CC1. The first-order valence-corrected chi connectivity index (χ1v) is 11.6. The fourth-order valence-electron chi connectivity index (χ4n) is 3.45. The van der Waals surface area contributed by atoms with E-state index in [1.165, 1.54) is 23.5 Å². The van der Waals surface area contributed by atoms with Gasteiger partial charge in [0.2, 0.25) is 5.91 Å². The van der Waals surface area contributed by atoms with Gasteiger partial charge in [0.1, 0.15) is 17.2 Å². The van der Waals surface area contributed by atoms with Gasteiger partial charge in [-0.1, -0.05) is 23.5 Å². The number of carbonyl (C=O) groups is 2. The summed E-state index contributed by atoms with van der Waals surface area (Å²) in [7, 11) is 0. The molecule has 0 bridgehead atoms. The Hall–Kier alpha value is -3.20. The second-order valence-electron chi connectivity index (χ2n) is 8.86. The Morgan fingerprint density at radius 2 is 1.70 bits per heavy atom. The highest BCUT2D eigenvalue weighted by Gasteiger charge is 2.27. The molecular formula is C24H26FN3O4S. The highest BCUT2D eigenvalue weighted by Crippen LogP contribution is 2.31. The maximum absolute atomic E-state index is 13.4. The summed E-state index contributed by atoms with van der Waals surface area (Å²) in [6, 6.07) is 11.7. The van der Waals surface area contributed by atoms with Crippen LogP contribution in [-0.4, -0.2) is 58.6 Å². The van der Waals surface area contributed by atoms with Crippen molar-refractivity contribution in [3.8, 4) is 10.9 Å². The molecule has 7 nitrogen and oxygen atoms in total. The van der Waals surface area contributed by atoms with Crippen molar-refractivity contribution in [3.05, 3.63) is 53.8 Å². The highest BCUT2D eigenvalue weighted by atomic mass is 32.1. The van der Waals surface area contributed by atoms with E-state index in [-0.39, 0.29) is 24.2 Å². The Morgan fingerprint density at radius 1 is 1.03 bits per heavy atom. The van der Waals surface area contributed by atoms with Crippen molar-refractivity contribution in [1.29, 1.82) is 0 Å². The average Bonchev–Trinajstić information content (AvgIpc) is 3.15. The number of halogens is 1. The Labute approximate surface area is 195 Å². The van der Waals surface area contributed by atoms with E-state index in [4.69, 9.17) is 9.47 Å². The molecule has 174 valence electrons. The molecule has 0 aliphatic carbocycles. The van der Waals surface area contributed by atoms with Gasteiger partial charge in [-0.3, -0.25) is 4.79 Å². The van der Waals surface area contributed by atoms with Crippen LogP contribution in [0, 0.1) is 5.82 Å². The number of ether oxygens (including phenoxy) is 2. The van der Waals surface area contributed by atoms with Crippen molar-refractivity contribution in [2.24, 2.45) is 0 Å². The zero-order valence-corrected chi connectivity index (χ0v) is 19.7. The zero-order chi connectivity index (χ0) is 23.6. The molecule has 1 saturated heterocycles. The standard InChI is InChI=1S/C24H26FN3O4S/c1-24(2,3)32-23(30)28-12-10-27(11-13-28)21(29)14-16-4-7-18(8-5-16)31-22-26-19-9-6-17(25)15-20(19)33-22/h4-9,15H,10-14H2,1-3H3. The summed E-state index contributed by atoms with van der Waals surface area (Å²) in [5, 5.41) is 0.433. The molecule has 0 saturated carbocycles. The van der Waals surface area contributed by atoms with Crippen LogP contribution in [0.5, 0.6) is 10.9 Å². The lowest BCUT2D eigenvalue weighted by Crippen LogP contribution is -2.51. The maximum Gasteiger partial charge on any atom is 0.410 e. The lowest BCUT2D eigenvalue weighted by Gasteiger charge is -2.35. The van der Waals surface area contributed by atoms with E-state index >= 15 is 0 Å². The number of rotatable bonds is 4. The molecule has 3 aromatic rings.